The van der Waals surface area contributed by atoms with Crippen molar-refractivity contribution in [1.29, 1.82) is 0 Å². The average Bonchev–Trinajstić information content (AvgIpc) is 2.85. The summed E-state index contributed by atoms with van der Waals surface area (Å²) in [5.74, 6) is -0.709. The van der Waals surface area contributed by atoms with Gasteiger partial charge in [-0.25, -0.2) is 10.9 Å². The van der Waals surface area contributed by atoms with E-state index in [9.17, 15) is 9.59 Å². The van der Waals surface area contributed by atoms with Crippen LogP contribution in [0.5, 0.6) is 0 Å². The number of carbonyl (C=O) groups excluding carboxylic acids is 2. The Balaban J connectivity index is 1.51. The summed E-state index contributed by atoms with van der Waals surface area (Å²) in [6.45, 7) is 4.19. The Morgan fingerprint density at radius 1 is 0.625 bits per heavy atom. The average molecular weight is 427 g/mol. The molecule has 2 amide bonds. The number of benzene rings is 3. The SMILES string of the molecule is CCc1ccc(/C=N/NC(=O)c2ccc(C(=O)N/N=C/c3ccc(CC)cc3)cc2)cc1. The van der Waals surface area contributed by atoms with Crippen LogP contribution in [0.1, 0.15) is 56.8 Å². The largest absolute Gasteiger partial charge is 0.271 e. The van der Waals surface area contributed by atoms with Crippen molar-refractivity contribution >= 4 is 24.2 Å². The summed E-state index contributed by atoms with van der Waals surface area (Å²) in [5, 5.41) is 7.98. The fourth-order valence-electron chi connectivity index (χ4n) is 2.91. The van der Waals surface area contributed by atoms with E-state index in [1.807, 2.05) is 48.5 Å². The first-order valence-corrected chi connectivity index (χ1v) is 10.5. The molecule has 0 atom stereocenters. The van der Waals surface area contributed by atoms with Crippen molar-refractivity contribution in [3.05, 3.63) is 106 Å². The van der Waals surface area contributed by atoms with Gasteiger partial charge in [-0.05, 0) is 59.4 Å². The molecule has 0 heterocycles. The van der Waals surface area contributed by atoms with Gasteiger partial charge in [0, 0.05) is 11.1 Å². The number of hydrazone groups is 2. The molecule has 6 heteroatoms. The second-order valence-electron chi connectivity index (χ2n) is 7.17. The summed E-state index contributed by atoms with van der Waals surface area (Å²) in [6, 6.07) is 22.2. The number of nitrogens with one attached hydrogen (secondary N) is 2. The molecule has 0 unspecified atom stereocenters. The first-order chi connectivity index (χ1) is 15.6. The quantitative estimate of drug-likeness (QED) is 0.415. The molecule has 0 radical (unpaired) electrons. The Kier molecular flexibility index (Phi) is 8.03. The lowest BCUT2D eigenvalue weighted by Crippen LogP contribution is -2.19. The summed E-state index contributed by atoms with van der Waals surface area (Å²) in [7, 11) is 0. The van der Waals surface area contributed by atoms with Gasteiger partial charge in [-0.3, -0.25) is 9.59 Å². The molecule has 6 nitrogen and oxygen atoms in total. The van der Waals surface area contributed by atoms with Gasteiger partial charge in [0.2, 0.25) is 0 Å². The van der Waals surface area contributed by atoms with Crippen LogP contribution in [0.4, 0.5) is 0 Å². The van der Waals surface area contributed by atoms with Crippen LogP contribution in [0.2, 0.25) is 0 Å². The molecule has 0 bridgehead atoms. The molecule has 0 aliphatic rings. The summed E-state index contributed by atoms with van der Waals surface area (Å²) >= 11 is 0. The number of hydrogen-bond donors (Lipinski definition) is 2. The lowest BCUT2D eigenvalue weighted by molar-refractivity contribution is 0.0943. The fraction of sp³-hybridized carbons (Fsp3) is 0.154. The van der Waals surface area contributed by atoms with Crippen molar-refractivity contribution in [3.8, 4) is 0 Å². The molecule has 3 rings (SSSR count). The normalized spacial score (nSPS) is 11.1. The van der Waals surface area contributed by atoms with Crippen molar-refractivity contribution in [2.24, 2.45) is 10.2 Å². The number of nitrogens with zero attached hydrogens (tertiary/aromatic N) is 2. The van der Waals surface area contributed by atoms with Crippen molar-refractivity contribution in [2.75, 3.05) is 0 Å². The molecular weight excluding hydrogens is 400 g/mol. The Bertz CT molecular complexity index is 1010. The van der Waals surface area contributed by atoms with Gasteiger partial charge in [0.15, 0.2) is 0 Å². The first kappa shape index (κ1) is 22.6. The lowest BCUT2D eigenvalue weighted by atomic mass is 10.1. The molecule has 0 spiro atoms. The number of aryl methyl sites for hydroxylation is 2. The van der Waals surface area contributed by atoms with Gasteiger partial charge in [-0.15, -0.1) is 0 Å². The Morgan fingerprint density at radius 3 is 1.28 bits per heavy atom. The standard InChI is InChI=1S/C26H26N4O2/c1-3-19-5-9-21(10-6-19)17-27-29-25(31)23-13-15-24(16-14-23)26(32)30-28-18-22-11-7-20(4-2)8-12-22/h5-18H,3-4H2,1-2H3,(H,29,31)(H,30,32)/b27-17+,28-18+. The van der Waals surface area contributed by atoms with Crippen molar-refractivity contribution in [2.45, 2.75) is 26.7 Å². The number of amides is 2. The third-order valence-electron chi connectivity index (χ3n) is 4.94. The molecule has 0 aromatic heterocycles. The smallest absolute Gasteiger partial charge is 0.267 e. The number of carbonyl (C=O) groups is 2. The number of rotatable bonds is 8. The van der Waals surface area contributed by atoms with Gasteiger partial charge in [-0.2, -0.15) is 10.2 Å². The summed E-state index contributed by atoms with van der Waals surface area (Å²) in [4.78, 5) is 24.5. The van der Waals surface area contributed by atoms with Crippen LogP contribution in [0.15, 0.2) is 83.0 Å². The van der Waals surface area contributed by atoms with Crippen LogP contribution >= 0.6 is 0 Å². The molecular formula is C26H26N4O2. The second-order valence-corrected chi connectivity index (χ2v) is 7.17. The zero-order chi connectivity index (χ0) is 22.8. The predicted molar refractivity (Wildman–Crippen MR) is 128 cm³/mol. The van der Waals surface area contributed by atoms with E-state index in [0.717, 1.165) is 24.0 Å². The topological polar surface area (TPSA) is 82.9 Å². The summed E-state index contributed by atoms with van der Waals surface area (Å²) < 4.78 is 0. The first-order valence-electron chi connectivity index (χ1n) is 10.5. The highest BCUT2D eigenvalue weighted by Gasteiger charge is 2.08. The van der Waals surface area contributed by atoms with Crippen LogP contribution in [-0.4, -0.2) is 24.2 Å². The van der Waals surface area contributed by atoms with E-state index in [4.69, 9.17) is 0 Å². The minimum atomic E-state index is -0.355. The molecule has 3 aromatic carbocycles. The minimum Gasteiger partial charge on any atom is -0.267 e. The van der Waals surface area contributed by atoms with E-state index in [1.165, 1.54) is 11.1 Å². The highest BCUT2D eigenvalue weighted by atomic mass is 16.2. The van der Waals surface area contributed by atoms with E-state index in [1.54, 1.807) is 36.7 Å². The molecule has 3 aromatic rings. The van der Waals surface area contributed by atoms with E-state index in [2.05, 4.69) is 34.9 Å². The molecule has 32 heavy (non-hydrogen) atoms. The van der Waals surface area contributed by atoms with Crippen molar-refractivity contribution in [3.63, 3.8) is 0 Å². The predicted octanol–water partition coefficient (Wildman–Crippen LogP) is 4.34. The summed E-state index contributed by atoms with van der Waals surface area (Å²) in [5.41, 5.74) is 10.1. The lowest BCUT2D eigenvalue weighted by Gasteiger charge is -2.03. The van der Waals surface area contributed by atoms with Crippen LogP contribution in [-0.2, 0) is 12.8 Å². The van der Waals surface area contributed by atoms with Crippen molar-refractivity contribution < 1.29 is 9.59 Å². The zero-order valence-corrected chi connectivity index (χ0v) is 18.2. The van der Waals surface area contributed by atoms with E-state index in [0.29, 0.717) is 11.1 Å². The maximum atomic E-state index is 12.2. The highest BCUT2D eigenvalue weighted by Crippen LogP contribution is 2.06. The maximum absolute atomic E-state index is 12.2. The van der Waals surface area contributed by atoms with Gasteiger partial charge in [0.1, 0.15) is 0 Å². The molecule has 0 saturated carbocycles. The van der Waals surface area contributed by atoms with E-state index in [-0.39, 0.29) is 11.8 Å². The Hall–Kier alpha value is -4.06. The Morgan fingerprint density at radius 2 is 0.969 bits per heavy atom. The van der Waals surface area contributed by atoms with Gasteiger partial charge >= 0.3 is 0 Å². The second kappa shape index (κ2) is 11.4. The molecule has 0 aliphatic carbocycles. The minimum absolute atomic E-state index is 0.355. The van der Waals surface area contributed by atoms with Gasteiger partial charge < -0.3 is 0 Å². The van der Waals surface area contributed by atoms with Gasteiger partial charge in [0.25, 0.3) is 11.8 Å². The van der Waals surface area contributed by atoms with Gasteiger partial charge in [0.05, 0.1) is 12.4 Å². The fourth-order valence-corrected chi connectivity index (χ4v) is 2.91. The van der Waals surface area contributed by atoms with Crippen molar-refractivity contribution in [1.82, 2.24) is 10.9 Å². The van der Waals surface area contributed by atoms with Crippen LogP contribution in [0, 0.1) is 0 Å². The highest BCUT2D eigenvalue weighted by molar-refractivity contribution is 5.98. The molecule has 0 saturated heterocycles. The van der Waals surface area contributed by atoms with Crippen LogP contribution in [0.25, 0.3) is 0 Å². The molecule has 0 fully saturated rings. The maximum Gasteiger partial charge on any atom is 0.271 e. The van der Waals surface area contributed by atoms with Crippen LogP contribution < -0.4 is 10.9 Å². The number of hydrogen-bond acceptors (Lipinski definition) is 4. The monoisotopic (exact) mass is 426 g/mol. The summed E-state index contributed by atoms with van der Waals surface area (Å²) in [6.07, 6.45) is 5.13. The third kappa shape index (κ3) is 6.47. The van der Waals surface area contributed by atoms with Crippen LogP contribution in [0.3, 0.4) is 0 Å². The zero-order valence-electron chi connectivity index (χ0n) is 18.2. The molecule has 162 valence electrons. The molecule has 2 N–H and O–H groups in total. The van der Waals surface area contributed by atoms with E-state index >= 15 is 0 Å². The van der Waals surface area contributed by atoms with E-state index < -0.39 is 0 Å². The third-order valence-corrected chi connectivity index (χ3v) is 4.94. The Labute approximate surface area is 188 Å². The van der Waals surface area contributed by atoms with Gasteiger partial charge in [-0.1, -0.05) is 62.4 Å². The molecule has 0 aliphatic heterocycles.